The molecular weight excluding hydrogens is 332 g/mol. The van der Waals surface area contributed by atoms with Gasteiger partial charge in [-0.1, -0.05) is 0 Å². The second-order valence-corrected chi connectivity index (χ2v) is 6.89. The molecule has 0 saturated carbocycles. The zero-order valence-electron chi connectivity index (χ0n) is 11.1. The van der Waals surface area contributed by atoms with Crippen LogP contribution in [0.25, 0.3) is 22.8 Å². The Morgan fingerprint density at radius 1 is 1.27 bits per heavy atom. The first-order chi connectivity index (χ1) is 10.4. The Morgan fingerprint density at radius 2 is 2.05 bits per heavy atom. The van der Waals surface area contributed by atoms with Crippen LogP contribution in [0.2, 0.25) is 0 Å². The minimum absolute atomic E-state index is 0.0999. The molecule has 2 aliphatic rings. The predicted octanol–water partition coefficient (Wildman–Crippen LogP) is 1.20. The molecule has 2 heterocycles. The summed E-state index contributed by atoms with van der Waals surface area (Å²) in [4.78, 5) is 19.9. The zero-order chi connectivity index (χ0) is 15.9. The van der Waals surface area contributed by atoms with Crippen LogP contribution >= 0.6 is 10.7 Å². The summed E-state index contributed by atoms with van der Waals surface area (Å²) in [6.07, 6.45) is 1.50. The van der Waals surface area contributed by atoms with E-state index in [2.05, 4.69) is 20.2 Å². The second-order valence-electron chi connectivity index (χ2n) is 4.32. The van der Waals surface area contributed by atoms with Gasteiger partial charge in [0.2, 0.25) is 0 Å². The van der Waals surface area contributed by atoms with Crippen LogP contribution in [0.15, 0.2) is 34.1 Å². The van der Waals surface area contributed by atoms with Crippen LogP contribution in [0.3, 0.4) is 0 Å². The number of aromatic nitrogens is 4. The smallest absolute Gasteiger partial charge is 0.290 e. The molecule has 0 aliphatic carbocycles. The van der Waals surface area contributed by atoms with E-state index in [1.54, 1.807) is 0 Å². The van der Waals surface area contributed by atoms with Crippen LogP contribution < -0.4 is 10.3 Å². The molecule has 0 aromatic heterocycles. The average molecular weight is 341 g/mol. The summed E-state index contributed by atoms with van der Waals surface area (Å²) >= 11 is 0. The van der Waals surface area contributed by atoms with Crippen molar-refractivity contribution in [3.05, 3.63) is 34.7 Å². The van der Waals surface area contributed by atoms with Gasteiger partial charge in [0, 0.05) is 22.9 Å². The number of ether oxygens (including phenoxy) is 1. The molecule has 8 nitrogen and oxygen atoms in total. The fourth-order valence-electron chi connectivity index (χ4n) is 1.98. The first kappa shape index (κ1) is 14.5. The molecule has 114 valence electrons. The molecule has 0 spiro atoms. The molecule has 10 heteroatoms. The first-order valence-electron chi connectivity index (χ1n) is 5.97. The van der Waals surface area contributed by atoms with Crippen molar-refractivity contribution in [2.45, 2.75) is 4.90 Å². The summed E-state index contributed by atoms with van der Waals surface area (Å²) in [6.45, 7) is 0. The maximum absolute atomic E-state index is 11.6. The van der Waals surface area contributed by atoms with Gasteiger partial charge < -0.3 is 9.84 Å². The van der Waals surface area contributed by atoms with E-state index in [-0.39, 0.29) is 22.2 Å². The van der Waals surface area contributed by atoms with Gasteiger partial charge in [-0.3, -0.25) is 9.89 Å². The highest BCUT2D eigenvalue weighted by Crippen LogP contribution is 2.32. The van der Waals surface area contributed by atoms with Gasteiger partial charge >= 0.3 is 0 Å². The van der Waals surface area contributed by atoms with Gasteiger partial charge in [0.25, 0.3) is 14.6 Å². The zero-order valence-corrected chi connectivity index (χ0v) is 12.7. The van der Waals surface area contributed by atoms with E-state index in [1.165, 1.54) is 31.5 Å². The number of H-pyrrole nitrogens is 2. The Kier molecular flexibility index (Phi) is 3.38. The van der Waals surface area contributed by atoms with Gasteiger partial charge in [-0.05, 0) is 12.1 Å². The van der Waals surface area contributed by atoms with Gasteiger partial charge in [0.15, 0.2) is 11.5 Å². The summed E-state index contributed by atoms with van der Waals surface area (Å²) in [5.41, 5.74) is 0.594. The Hall–Kier alpha value is -2.39. The first-order valence-corrected chi connectivity index (χ1v) is 8.28. The fraction of sp³-hybridized carbons (Fsp3) is 0.0833. The van der Waals surface area contributed by atoms with Gasteiger partial charge in [-0.15, -0.1) is 0 Å². The normalized spacial score (nSPS) is 11.7. The van der Waals surface area contributed by atoms with E-state index in [9.17, 15) is 13.2 Å². The number of imidazole rings is 1. The van der Waals surface area contributed by atoms with Crippen molar-refractivity contribution in [2.24, 2.45) is 0 Å². The van der Waals surface area contributed by atoms with Crippen molar-refractivity contribution in [1.29, 1.82) is 0 Å². The number of aromatic amines is 2. The molecule has 3 rings (SSSR count). The second kappa shape index (κ2) is 5.11. The highest BCUT2D eigenvalue weighted by atomic mass is 35.7. The number of nitrogens with zero attached hydrogens (tertiary/aromatic N) is 2. The topological polar surface area (TPSA) is 118 Å². The van der Waals surface area contributed by atoms with E-state index in [1.807, 2.05) is 0 Å². The van der Waals surface area contributed by atoms with E-state index in [4.69, 9.17) is 15.4 Å². The molecular formula is C12H9ClN4O4S. The van der Waals surface area contributed by atoms with Gasteiger partial charge in [0.1, 0.15) is 11.4 Å². The maximum atomic E-state index is 11.6. The number of hydrogen-bond donors (Lipinski definition) is 2. The molecule has 2 aliphatic heterocycles. The quantitative estimate of drug-likeness (QED) is 0.692. The van der Waals surface area contributed by atoms with Crippen LogP contribution in [-0.4, -0.2) is 35.7 Å². The van der Waals surface area contributed by atoms with Crippen molar-refractivity contribution in [1.82, 2.24) is 20.2 Å². The Morgan fingerprint density at radius 3 is 2.68 bits per heavy atom. The lowest BCUT2D eigenvalue weighted by atomic mass is 10.2. The number of nitrogens with one attached hydrogen (secondary N) is 2. The van der Waals surface area contributed by atoms with Crippen LogP contribution in [0.5, 0.6) is 5.75 Å². The number of rotatable bonds is 3. The average Bonchev–Trinajstić information content (AvgIpc) is 2.91. The third kappa shape index (κ3) is 2.44. The maximum Gasteiger partial charge on any atom is 0.290 e. The van der Waals surface area contributed by atoms with Crippen molar-refractivity contribution in [2.75, 3.05) is 7.11 Å². The number of methoxy groups -OCH3 is 1. The third-order valence-corrected chi connectivity index (χ3v) is 4.34. The van der Waals surface area contributed by atoms with Crippen molar-refractivity contribution in [3.63, 3.8) is 0 Å². The van der Waals surface area contributed by atoms with Gasteiger partial charge in [-0.25, -0.2) is 18.4 Å². The standard InChI is InChI=1S/C12H9ClN4O4S/c1-21-9-4-6(22(13,19)20)2-3-7(9)11-15-8-5-14-17-12(18)10(8)16-11/h2-5,14H,1H3,(H,17,18). The highest BCUT2D eigenvalue weighted by molar-refractivity contribution is 8.13. The van der Waals surface area contributed by atoms with Crippen LogP contribution in [-0.2, 0) is 9.05 Å². The lowest BCUT2D eigenvalue weighted by Gasteiger charge is -2.06. The molecule has 0 bridgehead atoms. The minimum Gasteiger partial charge on any atom is -0.496 e. The van der Waals surface area contributed by atoms with E-state index in [0.29, 0.717) is 11.3 Å². The number of benzene rings is 1. The molecule has 2 N–H and O–H groups in total. The van der Waals surface area contributed by atoms with E-state index in [0.717, 1.165) is 0 Å². The molecule has 1 aromatic rings. The summed E-state index contributed by atoms with van der Waals surface area (Å²) in [6, 6.07) is 4.06. The molecule has 0 radical (unpaired) electrons. The SMILES string of the molecule is COc1cc(S(=O)(=O)Cl)ccc1-c1nc2c[nH][nH]c(=O)c-2n1. The highest BCUT2D eigenvalue weighted by Gasteiger charge is 2.20. The largest absolute Gasteiger partial charge is 0.496 e. The van der Waals surface area contributed by atoms with Crippen molar-refractivity contribution >= 4 is 19.7 Å². The fourth-order valence-corrected chi connectivity index (χ4v) is 2.75. The molecule has 0 atom stereocenters. The summed E-state index contributed by atoms with van der Waals surface area (Å²) in [5, 5.41) is 4.94. The lowest BCUT2D eigenvalue weighted by Crippen LogP contribution is -2.10. The Labute approximate surface area is 128 Å². The third-order valence-electron chi connectivity index (χ3n) is 2.99. The predicted molar refractivity (Wildman–Crippen MR) is 78.7 cm³/mol. The van der Waals surface area contributed by atoms with Crippen molar-refractivity contribution < 1.29 is 13.2 Å². The van der Waals surface area contributed by atoms with Crippen LogP contribution in [0.4, 0.5) is 0 Å². The van der Waals surface area contributed by atoms with Crippen molar-refractivity contribution in [3.8, 4) is 28.5 Å². The number of halogens is 1. The Balaban J connectivity index is 2.21. The Bertz CT molecular complexity index is 979. The van der Waals surface area contributed by atoms with E-state index >= 15 is 0 Å². The monoisotopic (exact) mass is 340 g/mol. The molecule has 0 amide bonds. The summed E-state index contributed by atoms with van der Waals surface area (Å²) in [5.74, 6) is 0.480. The lowest BCUT2D eigenvalue weighted by molar-refractivity contribution is 0.415. The summed E-state index contributed by atoms with van der Waals surface area (Å²) < 4.78 is 27.9. The molecule has 22 heavy (non-hydrogen) atoms. The number of fused-ring (bicyclic) bond motifs is 1. The van der Waals surface area contributed by atoms with Crippen LogP contribution in [0.1, 0.15) is 0 Å². The number of hydrogen-bond acceptors (Lipinski definition) is 6. The van der Waals surface area contributed by atoms with Gasteiger partial charge in [0.05, 0.1) is 17.6 Å². The molecule has 1 aromatic carbocycles. The minimum atomic E-state index is -3.87. The molecule has 0 unspecified atom stereocenters. The van der Waals surface area contributed by atoms with E-state index < -0.39 is 14.6 Å². The molecule has 0 fully saturated rings. The van der Waals surface area contributed by atoms with Gasteiger partial charge in [-0.2, -0.15) is 0 Å². The molecule has 0 saturated heterocycles. The van der Waals surface area contributed by atoms with Crippen LogP contribution in [0, 0.1) is 0 Å². The summed E-state index contributed by atoms with van der Waals surface area (Å²) in [7, 11) is 2.81.